The molecule has 0 N–H and O–H groups in total. The van der Waals surface area contributed by atoms with Crippen LogP contribution in [0.15, 0.2) is 47.2 Å². The molecule has 0 unspecified atom stereocenters. The fourth-order valence-electron chi connectivity index (χ4n) is 3.20. The number of hydrogen-bond acceptors (Lipinski definition) is 4. The first-order valence-electron chi connectivity index (χ1n) is 8.12. The molecule has 3 aromatic rings. The van der Waals surface area contributed by atoms with Crippen LogP contribution in [0.25, 0.3) is 5.65 Å². The van der Waals surface area contributed by atoms with E-state index >= 15 is 0 Å². The van der Waals surface area contributed by atoms with Crippen molar-refractivity contribution in [3.63, 3.8) is 0 Å². The highest BCUT2D eigenvalue weighted by atomic mass is 32.2. The van der Waals surface area contributed by atoms with Gasteiger partial charge in [-0.25, -0.2) is 4.98 Å². The standard InChI is InChI=1S/C18H19N3O2S/c1-13-17(21-8-3-2-6-16(21)19-13)18(22)20-9-7-15(24-12-10-20)14-5-4-11-23-14/h2-6,8,11,15H,7,9-10,12H2,1H3/t15-/m0/s1. The van der Waals surface area contributed by atoms with Crippen LogP contribution >= 0.6 is 11.8 Å². The molecule has 0 radical (unpaired) electrons. The van der Waals surface area contributed by atoms with Crippen molar-refractivity contribution in [2.45, 2.75) is 18.6 Å². The van der Waals surface area contributed by atoms with E-state index in [2.05, 4.69) is 4.98 Å². The van der Waals surface area contributed by atoms with Crippen LogP contribution in [0.5, 0.6) is 0 Å². The zero-order valence-corrected chi connectivity index (χ0v) is 14.3. The monoisotopic (exact) mass is 341 g/mol. The van der Waals surface area contributed by atoms with Crippen molar-refractivity contribution in [3.05, 3.63) is 59.9 Å². The summed E-state index contributed by atoms with van der Waals surface area (Å²) in [4.78, 5) is 19.5. The molecule has 4 rings (SSSR count). The number of aromatic nitrogens is 2. The summed E-state index contributed by atoms with van der Waals surface area (Å²) in [7, 11) is 0. The highest BCUT2D eigenvalue weighted by Gasteiger charge is 2.27. The first kappa shape index (κ1) is 15.3. The van der Waals surface area contributed by atoms with E-state index in [4.69, 9.17) is 4.42 Å². The van der Waals surface area contributed by atoms with Crippen LogP contribution in [-0.4, -0.2) is 39.0 Å². The second-order valence-corrected chi connectivity index (χ2v) is 7.24. The van der Waals surface area contributed by atoms with Crippen LogP contribution in [0.3, 0.4) is 0 Å². The van der Waals surface area contributed by atoms with Crippen molar-refractivity contribution < 1.29 is 9.21 Å². The zero-order valence-electron chi connectivity index (χ0n) is 13.5. The van der Waals surface area contributed by atoms with Gasteiger partial charge in [0.2, 0.25) is 0 Å². The lowest BCUT2D eigenvalue weighted by atomic mass is 10.2. The molecular formula is C18H19N3O2S. The van der Waals surface area contributed by atoms with Gasteiger partial charge in [-0.3, -0.25) is 9.20 Å². The SMILES string of the molecule is Cc1nc2ccccn2c1C(=O)N1CCS[C@H](c2ccco2)CC1. The van der Waals surface area contributed by atoms with Gasteiger partial charge in [-0.2, -0.15) is 0 Å². The van der Waals surface area contributed by atoms with Crippen molar-refractivity contribution in [2.24, 2.45) is 0 Å². The third-order valence-electron chi connectivity index (χ3n) is 4.40. The predicted octanol–water partition coefficient (Wildman–Crippen LogP) is 3.56. The molecule has 1 fully saturated rings. The number of carbonyl (C=O) groups is 1. The number of carbonyl (C=O) groups excluding carboxylic acids is 1. The normalized spacial score (nSPS) is 18.7. The quantitative estimate of drug-likeness (QED) is 0.715. The van der Waals surface area contributed by atoms with Crippen LogP contribution < -0.4 is 0 Å². The molecule has 1 saturated heterocycles. The number of imidazole rings is 1. The number of rotatable bonds is 2. The molecule has 1 amide bonds. The van der Waals surface area contributed by atoms with Gasteiger partial charge in [0.1, 0.15) is 17.1 Å². The Morgan fingerprint density at radius 2 is 2.21 bits per heavy atom. The molecule has 1 atom stereocenters. The second-order valence-electron chi connectivity index (χ2n) is 5.93. The molecule has 5 nitrogen and oxygen atoms in total. The summed E-state index contributed by atoms with van der Waals surface area (Å²) in [5.41, 5.74) is 2.27. The van der Waals surface area contributed by atoms with Crippen molar-refractivity contribution >= 4 is 23.3 Å². The summed E-state index contributed by atoms with van der Waals surface area (Å²) >= 11 is 1.86. The number of pyridine rings is 1. The highest BCUT2D eigenvalue weighted by molar-refractivity contribution is 7.99. The van der Waals surface area contributed by atoms with Crippen LogP contribution in [0.2, 0.25) is 0 Å². The highest BCUT2D eigenvalue weighted by Crippen LogP contribution is 2.34. The van der Waals surface area contributed by atoms with Gasteiger partial charge in [-0.1, -0.05) is 6.07 Å². The van der Waals surface area contributed by atoms with Crippen molar-refractivity contribution in [1.29, 1.82) is 0 Å². The number of aryl methyl sites for hydroxylation is 1. The molecule has 6 heteroatoms. The van der Waals surface area contributed by atoms with Gasteiger partial charge in [-0.15, -0.1) is 11.8 Å². The Labute approximate surface area is 144 Å². The Balaban J connectivity index is 1.57. The fourth-order valence-corrected chi connectivity index (χ4v) is 4.38. The summed E-state index contributed by atoms with van der Waals surface area (Å²) in [6.45, 7) is 3.38. The molecule has 4 heterocycles. The van der Waals surface area contributed by atoms with Gasteiger partial charge in [0.15, 0.2) is 0 Å². The number of nitrogens with zero attached hydrogens (tertiary/aromatic N) is 3. The molecule has 0 aliphatic carbocycles. The number of hydrogen-bond donors (Lipinski definition) is 0. The Kier molecular flexibility index (Phi) is 4.06. The van der Waals surface area contributed by atoms with Gasteiger partial charge in [0, 0.05) is 25.0 Å². The van der Waals surface area contributed by atoms with E-state index in [-0.39, 0.29) is 5.91 Å². The molecular weight excluding hydrogens is 322 g/mol. The predicted molar refractivity (Wildman–Crippen MR) is 94.4 cm³/mol. The average Bonchev–Trinajstić information content (AvgIpc) is 3.15. The first-order chi connectivity index (χ1) is 11.7. The lowest BCUT2D eigenvalue weighted by Crippen LogP contribution is -2.34. The van der Waals surface area contributed by atoms with E-state index in [1.54, 1.807) is 6.26 Å². The minimum atomic E-state index is 0.0619. The Morgan fingerprint density at radius 3 is 3.04 bits per heavy atom. The van der Waals surface area contributed by atoms with Crippen LogP contribution in [0.1, 0.15) is 33.6 Å². The Morgan fingerprint density at radius 1 is 1.29 bits per heavy atom. The molecule has 124 valence electrons. The van der Waals surface area contributed by atoms with E-state index in [1.165, 1.54) is 0 Å². The fraction of sp³-hybridized carbons (Fsp3) is 0.333. The minimum Gasteiger partial charge on any atom is -0.468 e. The number of thioether (sulfide) groups is 1. The average molecular weight is 341 g/mol. The maximum atomic E-state index is 13.1. The maximum absolute atomic E-state index is 13.1. The Bertz CT molecular complexity index is 856. The Hall–Kier alpha value is -2.21. The third-order valence-corrected chi connectivity index (χ3v) is 5.68. The molecule has 1 aliphatic rings. The topological polar surface area (TPSA) is 50.8 Å². The van der Waals surface area contributed by atoms with E-state index in [0.717, 1.165) is 42.4 Å². The molecule has 24 heavy (non-hydrogen) atoms. The molecule has 0 saturated carbocycles. The second kappa shape index (κ2) is 6.36. The lowest BCUT2D eigenvalue weighted by molar-refractivity contribution is 0.0758. The van der Waals surface area contributed by atoms with Crippen LogP contribution in [0.4, 0.5) is 0 Å². The smallest absolute Gasteiger partial charge is 0.272 e. The van der Waals surface area contributed by atoms with Gasteiger partial charge in [-0.05, 0) is 37.6 Å². The summed E-state index contributed by atoms with van der Waals surface area (Å²) in [5, 5.41) is 0.320. The van der Waals surface area contributed by atoms with Crippen LogP contribution in [0, 0.1) is 6.92 Å². The van der Waals surface area contributed by atoms with Crippen LogP contribution in [-0.2, 0) is 0 Å². The molecule has 3 aromatic heterocycles. The minimum absolute atomic E-state index is 0.0619. The summed E-state index contributed by atoms with van der Waals surface area (Å²) in [6.07, 6.45) is 4.52. The van der Waals surface area contributed by atoms with Crippen molar-refractivity contribution in [1.82, 2.24) is 14.3 Å². The third kappa shape index (κ3) is 2.71. The van der Waals surface area contributed by atoms with E-state index < -0.39 is 0 Å². The largest absolute Gasteiger partial charge is 0.468 e. The maximum Gasteiger partial charge on any atom is 0.272 e. The van der Waals surface area contributed by atoms with E-state index in [1.807, 2.05) is 64.5 Å². The van der Waals surface area contributed by atoms with Gasteiger partial charge < -0.3 is 9.32 Å². The van der Waals surface area contributed by atoms with Gasteiger partial charge in [0.05, 0.1) is 17.2 Å². The molecule has 0 spiro atoms. The van der Waals surface area contributed by atoms with E-state index in [0.29, 0.717) is 10.9 Å². The lowest BCUT2D eigenvalue weighted by Gasteiger charge is -2.20. The zero-order chi connectivity index (χ0) is 16.5. The summed E-state index contributed by atoms with van der Waals surface area (Å²) < 4.78 is 7.42. The number of amides is 1. The van der Waals surface area contributed by atoms with Crippen molar-refractivity contribution in [3.8, 4) is 0 Å². The first-order valence-corrected chi connectivity index (χ1v) is 9.17. The number of fused-ring (bicyclic) bond motifs is 1. The van der Waals surface area contributed by atoms with E-state index in [9.17, 15) is 4.79 Å². The molecule has 1 aliphatic heterocycles. The molecule has 0 bridgehead atoms. The molecule has 0 aromatic carbocycles. The number of furan rings is 1. The van der Waals surface area contributed by atoms with Crippen molar-refractivity contribution in [2.75, 3.05) is 18.8 Å². The van der Waals surface area contributed by atoms with Gasteiger partial charge in [0.25, 0.3) is 5.91 Å². The summed E-state index contributed by atoms with van der Waals surface area (Å²) in [5.74, 6) is 1.97. The summed E-state index contributed by atoms with van der Waals surface area (Å²) in [6, 6.07) is 9.73. The van der Waals surface area contributed by atoms with Gasteiger partial charge >= 0.3 is 0 Å².